The molecule has 1 aliphatic heterocycles. The zero-order valence-electron chi connectivity index (χ0n) is 17.4. The molecule has 1 atom stereocenters. The number of piperazine rings is 1. The molecule has 1 aromatic heterocycles. The van der Waals surface area contributed by atoms with E-state index in [-0.39, 0.29) is 5.69 Å². The molecule has 1 fully saturated rings. The average molecular weight is 454 g/mol. The zero-order valence-corrected chi connectivity index (χ0v) is 17.4. The number of nitrogens with zero attached hydrogens (tertiary/aromatic N) is 3. The minimum Gasteiger partial charge on any atom is -0.477 e. The van der Waals surface area contributed by atoms with Crippen molar-refractivity contribution >= 4 is 17.8 Å². The molecule has 174 valence electrons. The lowest BCUT2D eigenvalue weighted by Gasteiger charge is -2.40. The first-order valence-corrected chi connectivity index (χ1v) is 9.77. The maximum Gasteiger partial charge on any atom is 0.490 e. The molecule has 2 heterocycles. The van der Waals surface area contributed by atoms with Crippen LogP contribution in [0.5, 0.6) is 0 Å². The van der Waals surface area contributed by atoms with E-state index in [1.807, 2.05) is 6.07 Å². The number of carbonyl (C=O) groups is 2. The third kappa shape index (κ3) is 8.16. The number of carboxylic acids is 2. The molecule has 0 spiro atoms. The first-order chi connectivity index (χ1) is 15.1. The summed E-state index contributed by atoms with van der Waals surface area (Å²) >= 11 is 0. The third-order valence-corrected chi connectivity index (χ3v) is 4.77. The predicted molar refractivity (Wildman–Crippen MR) is 112 cm³/mol. The number of likely N-dealkylation sites (N-methyl/N-ethyl adjacent to an activating group) is 1. The molecule has 8 nitrogen and oxygen atoms in total. The van der Waals surface area contributed by atoms with Gasteiger partial charge in [-0.15, -0.1) is 0 Å². The van der Waals surface area contributed by atoms with Gasteiger partial charge in [-0.25, -0.2) is 14.6 Å². The summed E-state index contributed by atoms with van der Waals surface area (Å²) in [7, 11) is 2.14. The molecule has 0 radical (unpaired) electrons. The molecule has 2 aromatic rings. The topological polar surface area (TPSA) is 106 Å². The molecule has 1 aromatic carbocycles. The van der Waals surface area contributed by atoms with Crippen LogP contribution in [0, 0.1) is 0 Å². The van der Waals surface area contributed by atoms with Crippen LogP contribution in [0.1, 0.15) is 16.1 Å². The van der Waals surface area contributed by atoms with Crippen molar-refractivity contribution in [1.82, 2.24) is 14.8 Å². The summed E-state index contributed by atoms with van der Waals surface area (Å²) < 4.78 is 31.7. The quantitative estimate of drug-likeness (QED) is 0.612. The maximum absolute atomic E-state index is 11.1. The highest BCUT2D eigenvalue weighted by Crippen LogP contribution is 2.15. The number of anilines is 1. The van der Waals surface area contributed by atoms with E-state index in [4.69, 9.17) is 15.0 Å². The number of carboxylic acid groups (broad SMARTS) is 2. The first kappa shape index (κ1) is 25.1. The van der Waals surface area contributed by atoms with Crippen molar-refractivity contribution in [3.05, 3.63) is 59.8 Å². The van der Waals surface area contributed by atoms with Gasteiger partial charge in [0.1, 0.15) is 5.82 Å². The lowest BCUT2D eigenvalue weighted by molar-refractivity contribution is -0.192. The van der Waals surface area contributed by atoms with Crippen LogP contribution in [0.15, 0.2) is 48.5 Å². The van der Waals surface area contributed by atoms with Crippen LogP contribution in [0.25, 0.3) is 0 Å². The van der Waals surface area contributed by atoms with Crippen molar-refractivity contribution in [1.29, 1.82) is 0 Å². The summed E-state index contributed by atoms with van der Waals surface area (Å²) in [6.07, 6.45) is -5.08. The van der Waals surface area contributed by atoms with Crippen LogP contribution >= 0.6 is 0 Å². The lowest BCUT2D eigenvalue weighted by Crippen LogP contribution is -2.54. The Morgan fingerprint density at radius 2 is 1.75 bits per heavy atom. The molecule has 0 aliphatic carbocycles. The van der Waals surface area contributed by atoms with E-state index >= 15 is 0 Å². The van der Waals surface area contributed by atoms with Gasteiger partial charge < -0.3 is 20.4 Å². The van der Waals surface area contributed by atoms with Gasteiger partial charge in [-0.05, 0) is 24.7 Å². The van der Waals surface area contributed by atoms with Crippen LogP contribution in [0.4, 0.5) is 19.0 Å². The molecule has 11 heteroatoms. The normalized spacial score (nSPS) is 17.2. The Morgan fingerprint density at radius 3 is 2.34 bits per heavy atom. The number of benzene rings is 1. The van der Waals surface area contributed by atoms with Crippen molar-refractivity contribution in [2.45, 2.75) is 18.8 Å². The second kappa shape index (κ2) is 11.4. The van der Waals surface area contributed by atoms with Crippen molar-refractivity contribution in [2.24, 2.45) is 0 Å². The van der Waals surface area contributed by atoms with E-state index in [0.717, 1.165) is 32.7 Å². The van der Waals surface area contributed by atoms with E-state index < -0.39 is 18.1 Å². The van der Waals surface area contributed by atoms with Gasteiger partial charge >= 0.3 is 18.1 Å². The number of hydrogen-bond acceptors (Lipinski definition) is 6. The first-order valence-electron chi connectivity index (χ1n) is 9.77. The maximum atomic E-state index is 11.1. The van der Waals surface area contributed by atoms with Gasteiger partial charge in [0, 0.05) is 38.8 Å². The molecule has 1 aliphatic rings. The van der Waals surface area contributed by atoms with E-state index in [1.54, 1.807) is 12.1 Å². The zero-order chi connectivity index (χ0) is 23.7. The van der Waals surface area contributed by atoms with Crippen LogP contribution in [0.3, 0.4) is 0 Å². The largest absolute Gasteiger partial charge is 0.490 e. The molecule has 0 saturated carbocycles. The highest BCUT2D eigenvalue weighted by atomic mass is 19.4. The fourth-order valence-corrected chi connectivity index (χ4v) is 3.14. The van der Waals surface area contributed by atoms with Crippen molar-refractivity contribution in [3.63, 3.8) is 0 Å². The van der Waals surface area contributed by atoms with Crippen molar-refractivity contribution in [2.75, 3.05) is 38.5 Å². The number of rotatable bonds is 6. The fraction of sp³-hybridized carbons (Fsp3) is 0.381. The number of aliphatic carboxylic acids is 1. The summed E-state index contributed by atoms with van der Waals surface area (Å²) in [6, 6.07) is 15.8. The Kier molecular flexibility index (Phi) is 8.97. The smallest absolute Gasteiger partial charge is 0.477 e. The van der Waals surface area contributed by atoms with Gasteiger partial charge in [-0.2, -0.15) is 13.2 Å². The van der Waals surface area contributed by atoms with E-state index in [1.165, 1.54) is 11.6 Å². The van der Waals surface area contributed by atoms with Crippen LogP contribution < -0.4 is 5.32 Å². The molecular weight excluding hydrogens is 429 g/mol. The van der Waals surface area contributed by atoms with Gasteiger partial charge in [0.15, 0.2) is 5.69 Å². The average Bonchev–Trinajstić information content (AvgIpc) is 2.74. The number of nitrogens with one attached hydrogen (secondary N) is 1. The Labute approximate surface area is 183 Å². The molecular formula is C21H25F3N4O4. The summed E-state index contributed by atoms with van der Waals surface area (Å²) in [4.78, 5) is 28.9. The Balaban J connectivity index is 0.000000451. The number of pyridine rings is 1. The highest BCUT2D eigenvalue weighted by Gasteiger charge is 2.38. The lowest BCUT2D eigenvalue weighted by atomic mass is 10.1. The minimum absolute atomic E-state index is 0.0619. The van der Waals surface area contributed by atoms with Crippen molar-refractivity contribution < 1.29 is 33.0 Å². The van der Waals surface area contributed by atoms with Gasteiger partial charge in [0.05, 0.1) is 0 Å². The van der Waals surface area contributed by atoms with Crippen molar-refractivity contribution in [3.8, 4) is 0 Å². The van der Waals surface area contributed by atoms with Gasteiger partial charge in [0.2, 0.25) is 0 Å². The highest BCUT2D eigenvalue weighted by molar-refractivity contribution is 5.85. The summed E-state index contributed by atoms with van der Waals surface area (Å²) in [6.45, 7) is 4.69. The van der Waals surface area contributed by atoms with E-state index in [0.29, 0.717) is 11.9 Å². The number of alkyl halides is 3. The standard InChI is InChI=1S/C19H24N4O2.C2HF3O2/c1-22-10-11-23(13-15-6-3-2-4-7-15)16(14-22)12-20-18-9-5-8-17(21-18)19(24)25;3-2(4,5)1(6)7/h2-9,16H,10-14H2,1H3,(H,20,21)(H,24,25);(H,6,7). The predicted octanol–water partition coefficient (Wildman–Crippen LogP) is 2.64. The number of aromatic carboxylic acids is 1. The Hall–Kier alpha value is -3.18. The summed E-state index contributed by atoms with van der Waals surface area (Å²) in [5, 5.41) is 19.5. The molecule has 32 heavy (non-hydrogen) atoms. The monoisotopic (exact) mass is 454 g/mol. The summed E-state index contributed by atoms with van der Waals surface area (Å²) in [5.74, 6) is -3.16. The SMILES string of the molecule is CN1CCN(Cc2ccccc2)C(CNc2cccc(C(=O)O)n2)C1.O=C(O)C(F)(F)F. The minimum atomic E-state index is -5.08. The molecule has 3 rings (SSSR count). The van der Waals surface area contributed by atoms with E-state index in [9.17, 15) is 18.0 Å². The van der Waals surface area contributed by atoms with Gasteiger partial charge in [0.25, 0.3) is 0 Å². The molecule has 0 amide bonds. The van der Waals surface area contributed by atoms with Crippen LogP contribution in [0.2, 0.25) is 0 Å². The Bertz CT molecular complexity index is 896. The Morgan fingerprint density at radius 1 is 1.09 bits per heavy atom. The van der Waals surface area contributed by atoms with Crippen LogP contribution in [-0.2, 0) is 11.3 Å². The van der Waals surface area contributed by atoms with Gasteiger partial charge in [-0.3, -0.25) is 4.90 Å². The molecule has 1 unspecified atom stereocenters. The number of hydrogen-bond donors (Lipinski definition) is 3. The molecule has 3 N–H and O–H groups in total. The number of aromatic nitrogens is 1. The number of halogens is 3. The van der Waals surface area contributed by atoms with E-state index in [2.05, 4.69) is 51.4 Å². The molecule has 1 saturated heterocycles. The molecule has 0 bridgehead atoms. The van der Waals surface area contributed by atoms with Crippen LogP contribution in [-0.4, -0.2) is 82.4 Å². The second-order valence-electron chi connectivity index (χ2n) is 7.27. The van der Waals surface area contributed by atoms with Gasteiger partial charge in [-0.1, -0.05) is 36.4 Å². The third-order valence-electron chi connectivity index (χ3n) is 4.77. The fourth-order valence-electron chi connectivity index (χ4n) is 3.14. The second-order valence-corrected chi connectivity index (χ2v) is 7.27. The summed E-state index contributed by atoms with van der Waals surface area (Å²) in [5.41, 5.74) is 1.37.